The van der Waals surface area contributed by atoms with Gasteiger partial charge in [0, 0.05) is 22.5 Å². The van der Waals surface area contributed by atoms with Gasteiger partial charge in [-0.05, 0) is 90.4 Å². The van der Waals surface area contributed by atoms with Crippen LogP contribution in [0.3, 0.4) is 0 Å². The summed E-state index contributed by atoms with van der Waals surface area (Å²) in [5, 5.41) is 5.07. The van der Waals surface area contributed by atoms with E-state index in [-0.39, 0.29) is 0 Å². The van der Waals surface area contributed by atoms with Crippen LogP contribution >= 0.6 is 0 Å². The van der Waals surface area contributed by atoms with Crippen LogP contribution in [0.15, 0.2) is 76.4 Å². The third kappa shape index (κ3) is 3.28. The minimum atomic E-state index is 0.997. The molecule has 0 bridgehead atoms. The Hall–Kier alpha value is -3.39. The molecule has 166 valence electrons. The van der Waals surface area contributed by atoms with Gasteiger partial charge in [0.25, 0.3) is 0 Å². The van der Waals surface area contributed by atoms with E-state index in [0.717, 1.165) is 24.3 Å². The molecule has 0 saturated heterocycles. The van der Waals surface area contributed by atoms with E-state index in [4.69, 9.17) is 4.99 Å². The zero-order chi connectivity index (χ0) is 23.3. The van der Waals surface area contributed by atoms with Gasteiger partial charge in [-0.15, -0.1) is 0 Å². The first-order valence-corrected chi connectivity index (χ1v) is 12.1. The lowest BCUT2D eigenvalue weighted by Gasteiger charge is -2.18. The number of nitrogens with one attached hydrogen (secondary N) is 1. The lowest BCUT2D eigenvalue weighted by molar-refractivity contribution is 1.08. The van der Waals surface area contributed by atoms with Crippen molar-refractivity contribution < 1.29 is 0 Å². The lowest BCUT2D eigenvalue weighted by atomic mass is 9.87. The molecule has 0 fully saturated rings. The number of nitrogens with zero attached hydrogens (tertiary/aromatic N) is 1. The van der Waals surface area contributed by atoms with Gasteiger partial charge in [-0.2, -0.15) is 0 Å². The Morgan fingerprint density at radius 1 is 0.818 bits per heavy atom. The molecule has 1 N–H and O–H groups in total. The minimum Gasteiger partial charge on any atom is -0.358 e. The van der Waals surface area contributed by atoms with Crippen LogP contribution in [-0.4, -0.2) is 10.7 Å². The molecule has 2 nitrogen and oxygen atoms in total. The molecule has 0 spiro atoms. The molecule has 0 amide bonds. The van der Waals surface area contributed by atoms with Crippen molar-refractivity contribution in [2.24, 2.45) is 4.99 Å². The van der Waals surface area contributed by atoms with E-state index in [2.05, 4.69) is 101 Å². The van der Waals surface area contributed by atoms with Crippen LogP contribution in [0.5, 0.6) is 0 Å². The van der Waals surface area contributed by atoms with Crippen molar-refractivity contribution in [3.05, 3.63) is 99.5 Å². The highest BCUT2D eigenvalue weighted by atomic mass is 14.8. The average molecular weight is 433 g/mol. The summed E-state index contributed by atoms with van der Waals surface area (Å²) in [5.74, 6) is 0. The monoisotopic (exact) mass is 432 g/mol. The Morgan fingerprint density at radius 2 is 1.42 bits per heavy atom. The molecule has 4 aromatic rings. The number of H-pyrrole nitrogens is 1. The van der Waals surface area contributed by atoms with Crippen molar-refractivity contribution in [2.45, 2.75) is 54.4 Å². The summed E-state index contributed by atoms with van der Waals surface area (Å²) in [4.78, 5) is 8.98. The fourth-order valence-electron chi connectivity index (χ4n) is 5.71. The maximum atomic E-state index is 5.20. The number of aryl methyl sites for hydroxylation is 1. The third-order valence-electron chi connectivity index (χ3n) is 7.33. The van der Waals surface area contributed by atoms with Gasteiger partial charge in [0.05, 0.1) is 11.4 Å². The smallest absolute Gasteiger partial charge is 0.0765 e. The van der Waals surface area contributed by atoms with Gasteiger partial charge in [-0.3, -0.25) is 4.99 Å². The van der Waals surface area contributed by atoms with E-state index in [1.54, 1.807) is 0 Å². The van der Waals surface area contributed by atoms with Gasteiger partial charge >= 0.3 is 0 Å². The number of aliphatic imine (C=N–C) groups is 1. The second kappa shape index (κ2) is 8.19. The summed E-state index contributed by atoms with van der Waals surface area (Å²) >= 11 is 0. The molecule has 1 aromatic heterocycles. The Kier molecular flexibility index (Phi) is 5.32. The van der Waals surface area contributed by atoms with Crippen LogP contribution in [0.25, 0.3) is 27.1 Å². The second-order valence-electron chi connectivity index (χ2n) is 9.15. The number of hydrogen-bond donors (Lipinski definition) is 1. The van der Waals surface area contributed by atoms with E-state index in [9.17, 15) is 0 Å². The summed E-state index contributed by atoms with van der Waals surface area (Å²) in [5.41, 5.74) is 12.6. The van der Waals surface area contributed by atoms with Gasteiger partial charge in [0.1, 0.15) is 0 Å². The van der Waals surface area contributed by atoms with Crippen molar-refractivity contribution in [1.29, 1.82) is 0 Å². The first kappa shape index (κ1) is 21.5. The molecule has 33 heavy (non-hydrogen) atoms. The quantitative estimate of drug-likeness (QED) is 0.313. The first-order chi connectivity index (χ1) is 16.0. The second-order valence-corrected chi connectivity index (χ2v) is 9.15. The molecule has 2 heteroatoms. The largest absolute Gasteiger partial charge is 0.358 e. The SMILES string of the molecule is CCC1=C(C)C(=C(c2[nH]c(C)c(CC)c2C)c2c3ccccc3cc3ccccc23)N=C1C. The Labute approximate surface area is 196 Å². The van der Waals surface area contributed by atoms with E-state index < -0.39 is 0 Å². The highest BCUT2D eigenvalue weighted by Crippen LogP contribution is 2.43. The number of aromatic amines is 1. The maximum absolute atomic E-state index is 5.20. The molecule has 3 aromatic carbocycles. The number of benzene rings is 3. The number of fused-ring (bicyclic) bond motifs is 2. The van der Waals surface area contributed by atoms with Crippen molar-refractivity contribution in [3.63, 3.8) is 0 Å². The van der Waals surface area contributed by atoms with E-state index in [0.29, 0.717) is 0 Å². The van der Waals surface area contributed by atoms with Crippen LogP contribution in [0, 0.1) is 13.8 Å². The fourth-order valence-corrected chi connectivity index (χ4v) is 5.71. The highest BCUT2D eigenvalue weighted by molar-refractivity contribution is 6.14. The number of hydrogen-bond acceptors (Lipinski definition) is 1. The minimum absolute atomic E-state index is 0.997. The molecule has 1 aliphatic heterocycles. The predicted molar refractivity (Wildman–Crippen MR) is 143 cm³/mol. The standard InChI is InChI=1S/C31H32N2/c1-7-24-18(3)30(32-20(24)5)29(31-19(4)25(8-2)21(6)33-31)28-26-15-11-9-13-22(26)17-23-14-10-12-16-27(23)28/h9-17,32H,7-8H2,1-6H3. The first-order valence-electron chi connectivity index (χ1n) is 12.1. The van der Waals surface area contributed by atoms with Gasteiger partial charge in [-0.25, -0.2) is 0 Å². The van der Waals surface area contributed by atoms with E-state index in [1.807, 2.05) is 0 Å². The Balaban J connectivity index is 2.02. The zero-order valence-electron chi connectivity index (χ0n) is 20.6. The number of aromatic nitrogens is 1. The number of allylic oxidation sites excluding steroid dienone is 2. The van der Waals surface area contributed by atoms with E-state index in [1.165, 1.54) is 66.3 Å². The van der Waals surface area contributed by atoms with Gasteiger partial charge in [-0.1, -0.05) is 62.4 Å². The van der Waals surface area contributed by atoms with Crippen molar-refractivity contribution in [3.8, 4) is 0 Å². The van der Waals surface area contributed by atoms with Crippen LogP contribution in [0.1, 0.15) is 62.2 Å². The molecule has 2 heterocycles. The fraction of sp³-hybridized carbons (Fsp3) is 0.258. The zero-order valence-corrected chi connectivity index (χ0v) is 20.6. The van der Waals surface area contributed by atoms with Crippen LogP contribution in [0.4, 0.5) is 0 Å². The number of rotatable bonds is 4. The molecular formula is C31H32N2. The van der Waals surface area contributed by atoms with Gasteiger partial charge in [0.2, 0.25) is 0 Å². The molecule has 0 unspecified atom stereocenters. The molecular weight excluding hydrogens is 400 g/mol. The predicted octanol–water partition coefficient (Wildman–Crippen LogP) is 8.46. The van der Waals surface area contributed by atoms with Gasteiger partial charge < -0.3 is 4.98 Å². The summed E-state index contributed by atoms with van der Waals surface area (Å²) in [6.45, 7) is 13.3. The molecule has 0 radical (unpaired) electrons. The lowest BCUT2D eigenvalue weighted by Crippen LogP contribution is -1.99. The van der Waals surface area contributed by atoms with Gasteiger partial charge in [0.15, 0.2) is 0 Å². The molecule has 0 saturated carbocycles. The topological polar surface area (TPSA) is 28.1 Å². The summed E-state index contributed by atoms with van der Waals surface area (Å²) < 4.78 is 0. The van der Waals surface area contributed by atoms with Crippen molar-refractivity contribution in [2.75, 3.05) is 0 Å². The molecule has 5 rings (SSSR count). The third-order valence-corrected chi connectivity index (χ3v) is 7.33. The van der Waals surface area contributed by atoms with Crippen LogP contribution < -0.4 is 0 Å². The summed E-state index contributed by atoms with van der Waals surface area (Å²) in [6.07, 6.45) is 2.02. The Morgan fingerprint density at radius 3 is 1.94 bits per heavy atom. The summed E-state index contributed by atoms with van der Waals surface area (Å²) in [6, 6.07) is 19.8. The van der Waals surface area contributed by atoms with Crippen molar-refractivity contribution in [1.82, 2.24) is 4.98 Å². The van der Waals surface area contributed by atoms with E-state index >= 15 is 0 Å². The van der Waals surface area contributed by atoms with Crippen LogP contribution in [-0.2, 0) is 6.42 Å². The molecule has 0 atom stereocenters. The Bertz CT molecular complexity index is 1450. The van der Waals surface area contributed by atoms with Crippen molar-refractivity contribution >= 4 is 32.8 Å². The summed E-state index contributed by atoms with van der Waals surface area (Å²) in [7, 11) is 0. The molecule has 1 aliphatic rings. The molecule has 0 aliphatic carbocycles. The van der Waals surface area contributed by atoms with Crippen LogP contribution in [0.2, 0.25) is 0 Å². The highest BCUT2D eigenvalue weighted by Gasteiger charge is 2.27. The average Bonchev–Trinajstić information content (AvgIpc) is 3.26. The maximum Gasteiger partial charge on any atom is 0.0765 e. The normalized spacial score (nSPS) is 15.6.